The molecular formula is C36H46ClN5O9S. The van der Waals surface area contributed by atoms with Crippen molar-refractivity contribution in [3.05, 3.63) is 41.6 Å². The number of methoxy groups -OCH3 is 1. The van der Waals surface area contributed by atoms with Gasteiger partial charge in [-0.3, -0.25) is 19.1 Å². The maximum Gasteiger partial charge on any atom is 0.405 e. The molecule has 14 nitrogen and oxygen atoms in total. The second-order valence-corrected chi connectivity index (χ2v) is 17.5. The van der Waals surface area contributed by atoms with Crippen molar-refractivity contribution in [1.29, 1.82) is 0 Å². The quantitative estimate of drug-likeness (QED) is 0.284. The molecule has 0 unspecified atom stereocenters. The molecule has 2 saturated carbocycles. The Morgan fingerprint density at radius 1 is 1.19 bits per heavy atom. The third kappa shape index (κ3) is 7.39. The first-order chi connectivity index (χ1) is 24.6. The van der Waals surface area contributed by atoms with Gasteiger partial charge in [-0.25, -0.2) is 18.2 Å². The summed E-state index contributed by atoms with van der Waals surface area (Å²) < 4.78 is 39.3. The highest BCUT2D eigenvalue weighted by Crippen LogP contribution is 2.48. The predicted molar refractivity (Wildman–Crippen MR) is 192 cm³/mol. The van der Waals surface area contributed by atoms with E-state index in [0.717, 1.165) is 6.42 Å². The van der Waals surface area contributed by atoms with E-state index in [1.807, 2.05) is 26.0 Å². The molecule has 52 heavy (non-hydrogen) atoms. The number of hydrogen-bond donors (Lipinski definition) is 4. The molecule has 4 amide bonds. The van der Waals surface area contributed by atoms with Crippen LogP contribution in [-0.4, -0.2) is 89.4 Å². The number of carboxylic acid groups (broad SMARTS) is 1. The first-order valence-electron chi connectivity index (χ1n) is 17.8. The third-order valence-electron chi connectivity index (χ3n) is 11.2. The number of amides is 4. The maximum atomic E-state index is 14.5. The molecule has 4 aliphatic rings. The zero-order valence-electron chi connectivity index (χ0n) is 29.7. The fourth-order valence-corrected chi connectivity index (χ4v) is 9.01. The van der Waals surface area contributed by atoms with Crippen molar-refractivity contribution in [3.63, 3.8) is 0 Å². The Labute approximate surface area is 308 Å². The van der Waals surface area contributed by atoms with Gasteiger partial charge in [-0.15, -0.1) is 0 Å². The molecule has 7 atom stereocenters. The first kappa shape index (κ1) is 37.6. The van der Waals surface area contributed by atoms with Gasteiger partial charge < -0.3 is 30.1 Å². The first-order valence-corrected chi connectivity index (χ1v) is 19.6. The van der Waals surface area contributed by atoms with E-state index in [9.17, 15) is 32.7 Å². The van der Waals surface area contributed by atoms with Gasteiger partial charge in [0.15, 0.2) is 0 Å². The second kappa shape index (κ2) is 14.4. The number of nitrogens with zero attached hydrogens (tertiary/aromatic N) is 2. The molecular weight excluding hydrogens is 714 g/mol. The summed E-state index contributed by atoms with van der Waals surface area (Å²) in [5.41, 5.74) is -1.56. The van der Waals surface area contributed by atoms with E-state index in [4.69, 9.17) is 21.1 Å². The van der Waals surface area contributed by atoms with E-state index in [0.29, 0.717) is 53.6 Å². The van der Waals surface area contributed by atoms with Crippen LogP contribution in [0.15, 0.2) is 36.5 Å². The van der Waals surface area contributed by atoms with Crippen LogP contribution in [0, 0.1) is 17.8 Å². The van der Waals surface area contributed by atoms with Crippen LogP contribution in [0.2, 0.25) is 5.02 Å². The van der Waals surface area contributed by atoms with Crippen LogP contribution in [0.5, 0.6) is 11.6 Å². The minimum Gasteiger partial charge on any atom is -0.494 e. The van der Waals surface area contributed by atoms with E-state index < -0.39 is 68.2 Å². The molecule has 4 N–H and O–H groups in total. The van der Waals surface area contributed by atoms with Crippen LogP contribution in [-0.2, 0) is 24.4 Å². The molecule has 282 valence electrons. The molecule has 3 fully saturated rings. The van der Waals surface area contributed by atoms with Gasteiger partial charge in [0.25, 0.3) is 5.91 Å². The molecule has 6 rings (SSSR count). The summed E-state index contributed by atoms with van der Waals surface area (Å²) in [5, 5.41) is 16.8. The summed E-state index contributed by atoms with van der Waals surface area (Å²) in [6, 6.07) is 2.80. The Morgan fingerprint density at radius 3 is 2.62 bits per heavy atom. The minimum absolute atomic E-state index is 0.0189. The van der Waals surface area contributed by atoms with Gasteiger partial charge in [-0.2, -0.15) is 0 Å². The van der Waals surface area contributed by atoms with Crippen molar-refractivity contribution >= 4 is 56.2 Å². The number of halogens is 1. The number of fused-ring (bicyclic) bond motifs is 3. The molecule has 1 aromatic carbocycles. The van der Waals surface area contributed by atoms with E-state index in [1.54, 1.807) is 25.1 Å². The third-order valence-corrected chi connectivity index (χ3v) is 13.6. The lowest BCUT2D eigenvalue weighted by Crippen LogP contribution is -2.59. The van der Waals surface area contributed by atoms with Gasteiger partial charge in [0, 0.05) is 28.1 Å². The van der Waals surface area contributed by atoms with Crippen molar-refractivity contribution in [2.75, 3.05) is 13.7 Å². The Balaban J connectivity index is 1.36. The smallest absolute Gasteiger partial charge is 0.405 e. The number of nitrogens with one attached hydrogen (secondary N) is 3. The van der Waals surface area contributed by atoms with Gasteiger partial charge >= 0.3 is 6.09 Å². The molecule has 0 bridgehead atoms. The SMILES string of the molecule is CC[C@@H]1C[C@H](C)CC/C=C\[C@@H]2C[C@@]2(C(=O)NS(=O)(=O)C2(C)CC2)NC(=O)[C@@H]2C[C@@H](Oc3ncc(OC)c4ccc(Cl)cc34)CN2C(=O)[C@H]1NC(=O)O. The Kier molecular flexibility index (Phi) is 10.4. The molecule has 1 saturated heterocycles. The van der Waals surface area contributed by atoms with Crippen molar-refractivity contribution < 1.29 is 42.2 Å². The normalized spacial score (nSPS) is 30.8. The molecule has 0 radical (unpaired) electrons. The summed E-state index contributed by atoms with van der Waals surface area (Å²) in [5.74, 6) is -2.13. The number of allylic oxidation sites excluding steroid dienone is 1. The standard InChI is InChI=1S/C36H46ClN5O9S/c1-5-21-14-20(2)8-6-7-9-22-17-36(22,33(45)41-52(48,49)35(3)12-13-35)40-30(43)27-16-24(19-42(27)32(44)29(21)39-34(46)47)51-31-26-15-23(37)10-11-25(26)28(50-4)18-38-31/h7,9-11,15,18,20-22,24,27,29,39H,5-6,8,12-14,16-17,19H2,1-4H3,(H,40,43)(H,41,45)(H,46,47)/b9-7-/t20-,21-,22-,24-,27+,29+,36-/m1/s1. The Hall–Kier alpha value is -4.11. The van der Waals surface area contributed by atoms with Crippen LogP contribution >= 0.6 is 11.6 Å². The van der Waals surface area contributed by atoms with E-state index >= 15 is 0 Å². The predicted octanol–water partition coefficient (Wildman–Crippen LogP) is 4.16. The molecule has 1 aromatic heterocycles. The van der Waals surface area contributed by atoms with Gasteiger partial charge in [0.1, 0.15) is 29.5 Å². The number of rotatable bonds is 8. The van der Waals surface area contributed by atoms with Crippen LogP contribution < -0.4 is 24.8 Å². The monoisotopic (exact) mass is 759 g/mol. The number of carbonyl (C=O) groups is 4. The van der Waals surface area contributed by atoms with Crippen molar-refractivity contribution in [2.45, 2.75) is 101 Å². The molecule has 16 heteroatoms. The lowest BCUT2D eigenvalue weighted by atomic mass is 9.85. The fraction of sp³-hybridized carbons (Fsp3) is 0.583. The number of carbonyl (C=O) groups excluding carboxylic acids is 3. The summed E-state index contributed by atoms with van der Waals surface area (Å²) in [6.07, 6.45) is 6.57. The molecule has 3 heterocycles. The number of hydrogen-bond acceptors (Lipinski definition) is 9. The van der Waals surface area contributed by atoms with Crippen molar-refractivity contribution in [3.8, 4) is 11.6 Å². The maximum absolute atomic E-state index is 14.5. The number of pyridine rings is 1. The summed E-state index contributed by atoms with van der Waals surface area (Å²) in [4.78, 5) is 60.5. The van der Waals surface area contributed by atoms with Gasteiger partial charge in [0.05, 0.1) is 24.6 Å². The van der Waals surface area contributed by atoms with E-state index in [1.165, 1.54) is 18.2 Å². The van der Waals surface area contributed by atoms with Gasteiger partial charge in [-0.05, 0) is 75.5 Å². The van der Waals surface area contributed by atoms with Crippen LogP contribution in [0.25, 0.3) is 10.8 Å². The number of sulfonamides is 1. The highest BCUT2D eigenvalue weighted by Gasteiger charge is 2.63. The lowest BCUT2D eigenvalue weighted by molar-refractivity contribution is -0.142. The second-order valence-electron chi connectivity index (χ2n) is 14.9. The van der Waals surface area contributed by atoms with Gasteiger partial charge in [-0.1, -0.05) is 44.0 Å². The highest BCUT2D eigenvalue weighted by molar-refractivity contribution is 7.91. The molecule has 2 aliphatic carbocycles. The number of benzene rings is 1. The van der Waals surface area contributed by atoms with Crippen LogP contribution in [0.4, 0.5) is 4.79 Å². The number of ether oxygens (including phenoxy) is 2. The summed E-state index contributed by atoms with van der Waals surface area (Å²) in [7, 11) is -2.50. The molecule has 2 aliphatic heterocycles. The van der Waals surface area contributed by atoms with Gasteiger partial charge in [0.2, 0.25) is 27.7 Å². The summed E-state index contributed by atoms with van der Waals surface area (Å²) >= 11 is 6.33. The molecule has 2 aromatic rings. The zero-order valence-corrected chi connectivity index (χ0v) is 31.3. The summed E-state index contributed by atoms with van der Waals surface area (Å²) in [6.45, 7) is 5.42. The number of aromatic nitrogens is 1. The Morgan fingerprint density at radius 2 is 1.94 bits per heavy atom. The fourth-order valence-electron chi connectivity index (χ4n) is 7.53. The topological polar surface area (TPSA) is 193 Å². The average Bonchev–Trinajstić information content (AvgIpc) is 3.97. The lowest BCUT2D eigenvalue weighted by Gasteiger charge is -2.33. The molecule has 0 spiro atoms. The van der Waals surface area contributed by atoms with Crippen molar-refractivity contribution in [2.24, 2.45) is 17.8 Å². The van der Waals surface area contributed by atoms with Crippen LogP contribution in [0.3, 0.4) is 0 Å². The Bertz CT molecular complexity index is 1900. The van der Waals surface area contributed by atoms with Crippen LogP contribution in [0.1, 0.15) is 72.1 Å². The average molecular weight is 760 g/mol. The van der Waals surface area contributed by atoms with Crippen molar-refractivity contribution in [1.82, 2.24) is 25.2 Å². The largest absolute Gasteiger partial charge is 0.494 e. The zero-order chi connectivity index (χ0) is 37.6. The highest BCUT2D eigenvalue weighted by atomic mass is 35.5. The van der Waals surface area contributed by atoms with E-state index in [2.05, 4.69) is 20.3 Å². The minimum atomic E-state index is -4.01. The van der Waals surface area contributed by atoms with E-state index in [-0.39, 0.29) is 37.1 Å².